The summed E-state index contributed by atoms with van der Waals surface area (Å²) in [6.45, 7) is 0.119. The monoisotopic (exact) mass is 396 g/mol. The maximum atomic E-state index is 12.1. The molecule has 27 heavy (non-hydrogen) atoms. The molecule has 1 heterocycles. The smallest absolute Gasteiger partial charge is 0.279 e. The zero-order valence-electron chi connectivity index (χ0n) is 13.9. The molecule has 2 amide bonds. The first-order chi connectivity index (χ1) is 13.1. The molecule has 0 spiro atoms. The van der Waals surface area contributed by atoms with E-state index in [2.05, 4.69) is 16.2 Å². The summed E-state index contributed by atoms with van der Waals surface area (Å²) < 4.78 is 5.31. The van der Waals surface area contributed by atoms with Crippen LogP contribution in [0.4, 0.5) is 0 Å². The van der Waals surface area contributed by atoms with Gasteiger partial charge < -0.3 is 10.1 Å². The quantitative estimate of drug-likeness (QED) is 0.631. The Labute approximate surface area is 165 Å². The summed E-state index contributed by atoms with van der Waals surface area (Å²) in [4.78, 5) is 28.6. The van der Waals surface area contributed by atoms with E-state index < -0.39 is 5.91 Å². The zero-order valence-corrected chi connectivity index (χ0v) is 15.5. The minimum absolute atomic E-state index is 0.119. The second kappa shape index (κ2) is 8.58. The maximum absolute atomic E-state index is 12.1. The standard InChI is InChI=1S/C20H13ClN2O3S/c1-2-10-26-16-9-8-13(11-15(16)21)12-17-19(25)23-20(27-17)22-18(24)14-6-4-3-5-7-14/h1,3-9,11-12H,10H2,(H,22,23,24,25)/b17-12-. The number of ether oxygens (including phenoxy) is 1. The molecule has 1 saturated heterocycles. The van der Waals surface area contributed by atoms with Gasteiger partial charge in [0.15, 0.2) is 5.17 Å². The van der Waals surface area contributed by atoms with Crippen molar-refractivity contribution in [3.8, 4) is 18.1 Å². The molecule has 5 nitrogen and oxygen atoms in total. The number of carbonyl (C=O) groups excluding carboxylic acids is 2. The van der Waals surface area contributed by atoms with Gasteiger partial charge in [0.25, 0.3) is 11.8 Å². The number of halogens is 1. The van der Waals surface area contributed by atoms with Crippen molar-refractivity contribution >= 4 is 46.4 Å². The molecule has 1 N–H and O–H groups in total. The fraction of sp³-hybridized carbons (Fsp3) is 0.0500. The Hall–Kier alpha value is -3.01. The largest absolute Gasteiger partial charge is 0.479 e. The second-order valence-corrected chi connectivity index (χ2v) is 6.77. The van der Waals surface area contributed by atoms with E-state index >= 15 is 0 Å². The molecule has 0 radical (unpaired) electrons. The van der Waals surface area contributed by atoms with Gasteiger partial charge in [-0.15, -0.1) is 6.42 Å². The van der Waals surface area contributed by atoms with Gasteiger partial charge in [0.1, 0.15) is 12.4 Å². The topological polar surface area (TPSA) is 67.8 Å². The van der Waals surface area contributed by atoms with Gasteiger partial charge in [-0.3, -0.25) is 9.59 Å². The van der Waals surface area contributed by atoms with Crippen LogP contribution in [-0.4, -0.2) is 23.6 Å². The van der Waals surface area contributed by atoms with Crippen LogP contribution < -0.4 is 10.1 Å². The number of nitrogens with zero attached hydrogens (tertiary/aromatic N) is 1. The number of carbonyl (C=O) groups is 2. The zero-order chi connectivity index (χ0) is 19.2. The average molecular weight is 397 g/mol. The summed E-state index contributed by atoms with van der Waals surface area (Å²) in [5.74, 6) is 2.08. The normalized spacial score (nSPS) is 16.2. The van der Waals surface area contributed by atoms with E-state index in [-0.39, 0.29) is 17.7 Å². The molecule has 0 bridgehead atoms. The van der Waals surface area contributed by atoms with Crippen molar-refractivity contribution in [2.24, 2.45) is 4.99 Å². The van der Waals surface area contributed by atoms with Crippen LogP contribution in [0.25, 0.3) is 6.08 Å². The van der Waals surface area contributed by atoms with Gasteiger partial charge in [-0.05, 0) is 47.7 Å². The Kier molecular flexibility index (Phi) is 5.97. The predicted octanol–water partition coefficient (Wildman–Crippen LogP) is 3.75. The molecule has 134 valence electrons. The number of rotatable bonds is 4. The maximum Gasteiger partial charge on any atom is 0.279 e. The third kappa shape index (κ3) is 4.79. The molecular formula is C20H13ClN2O3S. The predicted molar refractivity (Wildman–Crippen MR) is 108 cm³/mol. The molecule has 0 unspecified atom stereocenters. The Morgan fingerprint density at radius 2 is 2.07 bits per heavy atom. The first-order valence-electron chi connectivity index (χ1n) is 7.81. The van der Waals surface area contributed by atoms with Gasteiger partial charge in [0.2, 0.25) is 0 Å². The van der Waals surface area contributed by atoms with Crippen LogP contribution in [0.5, 0.6) is 5.75 Å². The van der Waals surface area contributed by atoms with E-state index in [4.69, 9.17) is 22.8 Å². The van der Waals surface area contributed by atoms with Gasteiger partial charge in [-0.2, -0.15) is 4.99 Å². The third-order valence-electron chi connectivity index (χ3n) is 3.44. The van der Waals surface area contributed by atoms with Crippen LogP contribution in [0.15, 0.2) is 58.4 Å². The minimum Gasteiger partial charge on any atom is -0.479 e. The average Bonchev–Trinajstić information content (AvgIpc) is 3.00. The number of amidine groups is 1. The van der Waals surface area contributed by atoms with Crippen molar-refractivity contribution in [2.45, 2.75) is 0 Å². The van der Waals surface area contributed by atoms with Crippen molar-refractivity contribution in [3.05, 3.63) is 69.6 Å². The SMILES string of the molecule is C#CCOc1ccc(/C=C2\SC(=NC(=O)c3ccccc3)NC2=O)cc1Cl. The van der Waals surface area contributed by atoms with Crippen LogP contribution in [0.3, 0.4) is 0 Å². The Bertz CT molecular complexity index is 994. The van der Waals surface area contributed by atoms with E-state index in [0.29, 0.717) is 26.8 Å². The van der Waals surface area contributed by atoms with Gasteiger partial charge in [0, 0.05) is 5.56 Å². The van der Waals surface area contributed by atoms with Gasteiger partial charge in [-0.25, -0.2) is 0 Å². The molecule has 1 aliphatic rings. The lowest BCUT2D eigenvalue weighted by Crippen LogP contribution is -2.20. The van der Waals surface area contributed by atoms with Crippen LogP contribution in [0, 0.1) is 12.3 Å². The summed E-state index contributed by atoms with van der Waals surface area (Å²) in [5.41, 5.74) is 1.16. The summed E-state index contributed by atoms with van der Waals surface area (Å²) >= 11 is 7.24. The molecule has 2 aromatic carbocycles. The minimum atomic E-state index is -0.419. The Morgan fingerprint density at radius 3 is 2.78 bits per heavy atom. The lowest BCUT2D eigenvalue weighted by atomic mass is 10.2. The van der Waals surface area contributed by atoms with Crippen molar-refractivity contribution in [1.29, 1.82) is 0 Å². The fourth-order valence-electron chi connectivity index (χ4n) is 2.21. The van der Waals surface area contributed by atoms with E-state index in [1.54, 1.807) is 48.5 Å². The van der Waals surface area contributed by atoms with Gasteiger partial charge in [0.05, 0.1) is 9.93 Å². The molecule has 7 heteroatoms. The van der Waals surface area contributed by atoms with E-state index in [1.807, 2.05) is 6.07 Å². The van der Waals surface area contributed by atoms with Gasteiger partial charge >= 0.3 is 0 Å². The second-order valence-electron chi connectivity index (χ2n) is 5.34. The van der Waals surface area contributed by atoms with Crippen molar-refractivity contribution in [2.75, 3.05) is 6.61 Å². The number of nitrogens with one attached hydrogen (secondary N) is 1. The fourth-order valence-corrected chi connectivity index (χ4v) is 3.28. The molecular weight excluding hydrogens is 384 g/mol. The van der Waals surface area contributed by atoms with Gasteiger partial charge in [-0.1, -0.05) is 41.8 Å². The number of aliphatic imine (C=N–C) groups is 1. The summed E-state index contributed by atoms with van der Waals surface area (Å²) in [6, 6.07) is 13.7. The molecule has 0 atom stereocenters. The van der Waals surface area contributed by atoms with Crippen molar-refractivity contribution < 1.29 is 14.3 Å². The molecule has 1 fully saturated rings. The Balaban J connectivity index is 1.75. The van der Waals surface area contributed by atoms with Crippen molar-refractivity contribution in [3.63, 3.8) is 0 Å². The highest BCUT2D eigenvalue weighted by Gasteiger charge is 2.24. The number of hydrogen-bond acceptors (Lipinski definition) is 4. The summed E-state index contributed by atoms with van der Waals surface area (Å²) in [7, 11) is 0. The van der Waals surface area contributed by atoms with E-state index in [0.717, 1.165) is 11.8 Å². The molecule has 3 rings (SSSR count). The van der Waals surface area contributed by atoms with Crippen LogP contribution in [-0.2, 0) is 4.79 Å². The number of benzene rings is 2. The number of thioether (sulfide) groups is 1. The van der Waals surface area contributed by atoms with E-state index in [9.17, 15) is 9.59 Å². The first-order valence-corrected chi connectivity index (χ1v) is 9.01. The third-order valence-corrected chi connectivity index (χ3v) is 4.64. The van der Waals surface area contributed by atoms with E-state index in [1.165, 1.54) is 0 Å². The number of hydrogen-bond donors (Lipinski definition) is 1. The summed E-state index contributed by atoms with van der Waals surface area (Å²) in [6.07, 6.45) is 6.81. The molecule has 0 aromatic heterocycles. The first kappa shape index (κ1) is 18.8. The summed E-state index contributed by atoms with van der Waals surface area (Å²) in [5, 5.41) is 3.21. The highest BCUT2D eigenvalue weighted by atomic mass is 35.5. The van der Waals surface area contributed by atoms with Crippen LogP contribution in [0.2, 0.25) is 5.02 Å². The number of amides is 2. The lowest BCUT2D eigenvalue weighted by Gasteiger charge is -2.05. The molecule has 0 aliphatic carbocycles. The lowest BCUT2D eigenvalue weighted by molar-refractivity contribution is -0.115. The molecule has 1 aliphatic heterocycles. The van der Waals surface area contributed by atoms with Crippen molar-refractivity contribution in [1.82, 2.24) is 5.32 Å². The highest BCUT2D eigenvalue weighted by molar-refractivity contribution is 8.18. The highest BCUT2D eigenvalue weighted by Crippen LogP contribution is 2.30. The van der Waals surface area contributed by atoms with Crippen LogP contribution >= 0.6 is 23.4 Å². The molecule has 2 aromatic rings. The Morgan fingerprint density at radius 1 is 1.30 bits per heavy atom. The number of terminal acetylenes is 1. The van der Waals surface area contributed by atoms with Crippen LogP contribution in [0.1, 0.15) is 15.9 Å². The molecule has 0 saturated carbocycles.